The van der Waals surface area contributed by atoms with Crippen molar-refractivity contribution in [2.24, 2.45) is 11.8 Å². The highest BCUT2D eigenvalue weighted by atomic mass is 35.5. The van der Waals surface area contributed by atoms with Gasteiger partial charge in [-0.1, -0.05) is 55.2 Å². The smallest absolute Gasteiger partial charge is 0.316 e. The summed E-state index contributed by atoms with van der Waals surface area (Å²) in [5, 5.41) is 22.1. The fourth-order valence-electron chi connectivity index (χ4n) is 4.09. The molecule has 0 bridgehead atoms. The maximum atomic E-state index is 13.1. The standard InChI is InChI=1S/C26H32Cl2N2O6/c1-17(2)24(26(33)34)25(32)30(18-6-4-3-5-7-18)35-16-19(31)15-29-12-10-20(11-13-29)36-21-8-9-22(27)23(28)14-21/h3-9,14,17,19-20,24,31H,10-13,15-16H2,1-2H3,(H,33,34). The number of ether oxygens (including phenoxy) is 1. The maximum absolute atomic E-state index is 13.1. The number of aliphatic hydroxyl groups excluding tert-OH is 1. The molecule has 0 spiro atoms. The van der Waals surface area contributed by atoms with Crippen LogP contribution in [0, 0.1) is 11.8 Å². The molecule has 8 nitrogen and oxygen atoms in total. The summed E-state index contributed by atoms with van der Waals surface area (Å²) in [6.45, 7) is 4.97. The molecule has 0 aliphatic carbocycles. The van der Waals surface area contributed by atoms with Gasteiger partial charge in [0.05, 0.1) is 21.8 Å². The number of rotatable bonds is 11. The number of para-hydroxylation sites is 1. The van der Waals surface area contributed by atoms with Gasteiger partial charge in [0.1, 0.15) is 24.4 Å². The van der Waals surface area contributed by atoms with Gasteiger partial charge in [0, 0.05) is 25.7 Å². The number of piperidine rings is 1. The van der Waals surface area contributed by atoms with Gasteiger partial charge in [-0.15, -0.1) is 0 Å². The highest BCUT2D eigenvalue weighted by molar-refractivity contribution is 6.42. The fourth-order valence-corrected chi connectivity index (χ4v) is 4.38. The highest BCUT2D eigenvalue weighted by Gasteiger charge is 2.35. The Labute approximate surface area is 221 Å². The lowest BCUT2D eigenvalue weighted by Crippen LogP contribution is -2.46. The molecule has 2 aromatic carbocycles. The van der Waals surface area contributed by atoms with Gasteiger partial charge in [0.2, 0.25) is 0 Å². The Morgan fingerprint density at radius 1 is 1.08 bits per heavy atom. The summed E-state index contributed by atoms with van der Waals surface area (Å²) < 4.78 is 6.01. The van der Waals surface area contributed by atoms with Crippen LogP contribution in [0.3, 0.4) is 0 Å². The number of aliphatic hydroxyl groups is 1. The molecule has 0 aromatic heterocycles. The Morgan fingerprint density at radius 2 is 1.75 bits per heavy atom. The molecular weight excluding hydrogens is 507 g/mol. The van der Waals surface area contributed by atoms with E-state index >= 15 is 0 Å². The summed E-state index contributed by atoms with van der Waals surface area (Å²) in [6.07, 6.45) is 0.704. The van der Waals surface area contributed by atoms with Crippen LogP contribution in [0.5, 0.6) is 5.75 Å². The van der Waals surface area contributed by atoms with Crippen LogP contribution in [0.2, 0.25) is 10.0 Å². The molecular formula is C26H32Cl2N2O6. The maximum Gasteiger partial charge on any atom is 0.316 e. The molecule has 36 heavy (non-hydrogen) atoms. The SMILES string of the molecule is CC(C)C(C(=O)O)C(=O)N(OCC(O)CN1CCC(Oc2ccc(Cl)c(Cl)c2)CC1)c1ccccc1. The van der Waals surface area contributed by atoms with E-state index in [1.165, 1.54) is 0 Å². The number of hydrogen-bond acceptors (Lipinski definition) is 6. The van der Waals surface area contributed by atoms with Gasteiger partial charge in [0.25, 0.3) is 5.91 Å². The van der Waals surface area contributed by atoms with Gasteiger partial charge < -0.3 is 19.8 Å². The Morgan fingerprint density at radius 3 is 2.33 bits per heavy atom. The van der Waals surface area contributed by atoms with Crippen molar-refractivity contribution in [3.05, 3.63) is 58.6 Å². The number of hydrogen-bond donors (Lipinski definition) is 2. The van der Waals surface area contributed by atoms with Crippen molar-refractivity contribution in [1.82, 2.24) is 4.90 Å². The predicted octanol–water partition coefficient (Wildman–Crippen LogP) is 4.52. The third kappa shape index (κ3) is 7.82. The minimum Gasteiger partial charge on any atom is -0.490 e. The van der Waals surface area contributed by atoms with Crippen molar-refractivity contribution >= 4 is 40.8 Å². The number of amides is 1. The van der Waals surface area contributed by atoms with E-state index in [9.17, 15) is 19.8 Å². The molecule has 1 aliphatic heterocycles. The van der Waals surface area contributed by atoms with Crippen LogP contribution in [0.1, 0.15) is 26.7 Å². The summed E-state index contributed by atoms with van der Waals surface area (Å²) in [7, 11) is 0. The second kappa shape index (κ2) is 13.3. The Bertz CT molecular complexity index is 1010. The molecule has 1 heterocycles. The fraction of sp³-hybridized carbons (Fsp3) is 0.462. The van der Waals surface area contributed by atoms with Crippen molar-refractivity contribution < 1.29 is 29.4 Å². The first-order valence-corrected chi connectivity index (χ1v) is 12.7. The molecule has 0 radical (unpaired) electrons. The van der Waals surface area contributed by atoms with Crippen molar-refractivity contribution in [1.29, 1.82) is 0 Å². The minimum absolute atomic E-state index is 0.0297. The highest BCUT2D eigenvalue weighted by Crippen LogP contribution is 2.28. The van der Waals surface area contributed by atoms with E-state index in [4.69, 9.17) is 32.8 Å². The second-order valence-corrected chi connectivity index (χ2v) is 9.99. The molecule has 2 unspecified atom stereocenters. The summed E-state index contributed by atoms with van der Waals surface area (Å²) >= 11 is 12.0. The molecule has 1 fully saturated rings. The van der Waals surface area contributed by atoms with Crippen molar-refractivity contribution in [3.63, 3.8) is 0 Å². The molecule has 1 aliphatic rings. The van der Waals surface area contributed by atoms with Gasteiger partial charge in [-0.25, -0.2) is 0 Å². The van der Waals surface area contributed by atoms with Crippen molar-refractivity contribution in [3.8, 4) is 5.75 Å². The summed E-state index contributed by atoms with van der Waals surface area (Å²) in [5.74, 6) is -2.93. The van der Waals surface area contributed by atoms with Crippen LogP contribution < -0.4 is 9.80 Å². The molecule has 2 atom stereocenters. The first-order valence-electron chi connectivity index (χ1n) is 11.9. The van der Waals surface area contributed by atoms with Crippen LogP contribution in [0.15, 0.2) is 48.5 Å². The molecule has 2 aromatic rings. The summed E-state index contributed by atoms with van der Waals surface area (Å²) in [6, 6.07) is 13.7. The van der Waals surface area contributed by atoms with Crippen LogP contribution in [0.4, 0.5) is 5.69 Å². The minimum atomic E-state index is -1.27. The van der Waals surface area contributed by atoms with Gasteiger partial charge in [-0.3, -0.25) is 14.4 Å². The monoisotopic (exact) mass is 538 g/mol. The number of hydroxylamine groups is 1. The number of halogens is 2. The molecule has 3 rings (SSSR count). The van der Waals surface area contributed by atoms with Crippen LogP contribution >= 0.6 is 23.2 Å². The third-order valence-corrected chi connectivity index (χ3v) is 6.72. The Kier molecular flexibility index (Phi) is 10.4. The number of nitrogens with zero attached hydrogens (tertiary/aromatic N) is 2. The lowest BCUT2D eigenvalue weighted by Gasteiger charge is -2.33. The number of likely N-dealkylation sites (tertiary alicyclic amines) is 1. The zero-order valence-electron chi connectivity index (χ0n) is 20.3. The number of benzene rings is 2. The Balaban J connectivity index is 1.52. The third-order valence-electron chi connectivity index (χ3n) is 5.98. The molecule has 2 N–H and O–H groups in total. The summed E-state index contributed by atoms with van der Waals surface area (Å²) in [5.41, 5.74) is 0.405. The number of anilines is 1. The molecule has 0 saturated carbocycles. The second-order valence-electron chi connectivity index (χ2n) is 9.17. The lowest BCUT2D eigenvalue weighted by molar-refractivity contribution is -0.151. The van der Waals surface area contributed by atoms with Crippen LogP contribution in [-0.2, 0) is 14.4 Å². The molecule has 1 amide bonds. The first-order chi connectivity index (χ1) is 17.2. The van der Waals surface area contributed by atoms with E-state index < -0.39 is 29.8 Å². The van der Waals surface area contributed by atoms with Crippen molar-refractivity contribution in [2.75, 3.05) is 31.3 Å². The van der Waals surface area contributed by atoms with Gasteiger partial charge in [-0.2, -0.15) is 5.06 Å². The van der Waals surface area contributed by atoms with E-state index in [1.54, 1.807) is 62.4 Å². The zero-order valence-corrected chi connectivity index (χ0v) is 21.9. The van der Waals surface area contributed by atoms with Gasteiger partial charge in [-0.05, 0) is 43.0 Å². The van der Waals surface area contributed by atoms with Crippen molar-refractivity contribution in [2.45, 2.75) is 38.9 Å². The summed E-state index contributed by atoms with van der Waals surface area (Å²) in [4.78, 5) is 32.6. The Hall–Kier alpha value is -2.36. The van der Waals surface area contributed by atoms with E-state index in [2.05, 4.69) is 4.90 Å². The quantitative estimate of drug-likeness (QED) is 0.320. The lowest BCUT2D eigenvalue weighted by atomic mass is 9.95. The van der Waals surface area contributed by atoms with E-state index in [0.717, 1.165) is 31.0 Å². The molecule has 196 valence electrons. The zero-order chi connectivity index (χ0) is 26.2. The largest absolute Gasteiger partial charge is 0.490 e. The number of carbonyl (C=O) groups is 2. The molecule has 1 saturated heterocycles. The number of aliphatic carboxylic acids is 1. The van der Waals surface area contributed by atoms with E-state index in [0.29, 0.717) is 28.0 Å². The van der Waals surface area contributed by atoms with E-state index in [1.807, 2.05) is 0 Å². The normalized spacial score (nSPS) is 16.5. The number of carboxylic acids is 1. The molecule has 10 heteroatoms. The predicted molar refractivity (Wildman–Crippen MR) is 138 cm³/mol. The van der Waals surface area contributed by atoms with Gasteiger partial charge in [0.15, 0.2) is 0 Å². The topological polar surface area (TPSA) is 99.5 Å². The number of carboxylic acid groups (broad SMARTS) is 1. The number of carbonyl (C=O) groups excluding carboxylic acids is 1. The number of β-amino-alcohol motifs (C(OH)–C–C–N with tert-alkyl or cyclic N) is 1. The van der Waals surface area contributed by atoms with E-state index in [-0.39, 0.29) is 12.7 Å². The average molecular weight is 539 g/mol. The first kappa shape index (κ1) is 28.2. The van der Waals surface area contributed by atoms with Gasteiger partial charge >= 0.3 is 5.97 Å². The average Bonchev–Trinajstić information content (AvgIpc) is 2.83. The van der Waals surface area contributed by atoms with Crippen LogP contribution in [-0.4, -0.2) is 65.4 Å². The van der Waals surface area contributed by atoms with Crippen LogP contribution in [0.25, 0.3) is 0 Å².